The number of hydrogen-bond donors (Lipinski definition) is 1. The van der Waals surface area contributed by atoms with Crippen LogP contribution in [0.3, 0.4) is 0 Å². The summed E-state index contributed by atoms with van der Waals surface area (Å²) in [6.45, 7) is 5.24. The monoisotopic (exact) mass is 459 g/mol. The van der Waals surface area contributed by atoms with Crippen molar-refractivity contribution in [1.82, 2.24) is 4.90 Å². The van der Waals surface area contributed by atoms with Gasteiger partial charge in [0.1, 0.15) is 11.8 Å². The first-order valence-electron chi connectivity index (χ1n) is 10.6. The molecule has 1 atom stereocenters. The van der Waals surface area contributed by atoms with E-state index in [-0.39, 0.29) is 5.91 Å². The molecule has 0 unspecified atom stereocenters. The third kappa shape index (κ3) is 5.40. The zero-order chi connectivity index (χ0) is 23.3. The molecule has 1 heterocycles. The Balaban J connectivity index is 1.84. The number of anilines is 2. The highest BCUT2D eigenvalue weighted by atomic mass is 32.2. The molecule has 8 nitrogen and oxygen atoms in total. The van der Waals surface area contributed by atoms with Crippen LogP contribution in [0.1, 0.15) is 37.0 Å². The fourth-order valence-corrected chi connectivity index (χ4v) is 4.95. The Hall–Kier alpha value is -3.07. The first-order valence-corrected chi connectivity index (χ1v) is 12.5. The van der Waals surface area contributed by atoms with Crippen LogP contribution in [0.4, 0.5) is 11.4 Å². The first kappa shape index (κ1) is 23.6. The molecule has 0 spiro atoms. The topological polar surface area (TPSA) is 96.0 Å². The van der Waals surface area contributed by atoms with Gasteiger partial charge in [-0.25, -0.2) is 8.42 Å². The molecule has 1 fully saturated rings. The van der Waals surface area contributed by atoms with Crippen LogP contribution in [0, 0.1) is 0 Å². The van der Waals surface area contributed by atoms with Crippen molar-refractivity contribution in [3.05, 3.63) is 54.1 Å². The molecule has 0 radical (unpaired) electrons. The third-order valence-electron chi connectivity index (χ3n) is 5.30. The average Bonchev–Trinajstić information content (AvgIpc) is 3.29. The molecule has 2 aromatic rings. The molecule has 172 valence electrons. The van der Waals surface area contributed by atoms with E-state index in [4.69, 9.17) is 4.74 Å². The summed E-state index contributed by atoms with van der Waals surface area (Å²) in [4.78, 5) is 27.7. The molecular formula is C23H29N3O5S. The Bertz CT molecular complexity index is 1060. The number of benzene rings is 2. The molecule has 1 aliphatic heterocycles. The Morgan fingerprint density at radius 1 is 1.09 bits per heavy atom. The van der Waals surface area contributed by atoms with Gasteiger partial charge in [0.05, 0.1) is 29.8 Å². The molecule has 0 saturated carbocycles. The molecule has 1 aliphatic rings. The van der Waals surface area contributed by atoms with Crippen LogP contribution in [0.25, 0.3) is 0 Å². The molecule has 0 aromatic heterocycles. The lowest BCUT2D eigenvalue weighted by molar-refractivity contribution is -0.116. The van der Waals surface area contributed by atoms with Gasteiger partial charge in [0, 0.05) is 13.1 Å². The van der Waals surface area contributed by atoms with Crippen molar-refractivity contribution in [1.29, 1.82) is 0 Å². The summed E-state index contributed by atoms with van der Waals surface area (Å²) in [5.41, 5.74) is 1.10. The average molecular weight is 460 g/mol. The van der Waals surface area contributed by atoms with Crippen LogP contribution in [-0.2, 0) is 14.8 Å². The summed E-state index contributed by atoms with van der Waals surface area (Å²) in [5, 5.41) is 2.75. The van der Waals surface area contributed by atoms with Crippen molar-refractivity contribution in [2.45, 2.75) is 32.7 Å². The molecule has 32 heavy (non-hydrogen) atoms. The number of amides is 2. The normalized spacial score (nSPS) is 14.7. The zero-order valence-corrected chi connectivity index (χ0v) is 19.4. The van der Waals surface area contributed by atoms with Gasteiger partial charge in [-0.05, 0) is 63.1 Å². The molecule has 0 bridgehead atoms. The van der Waals surface area contributed by atoms with Crippen LogP contribution < -0.4 is 14.4 Å². The van der Waals surface area contributed by atoms with Gasteiger partial charge >= 0.3 is 0 Å². The number of sulfonamides is 1. The number of likely N-dealkylation sites (tertiary alicyclic amines) is 1. The van der Waals surface area contributed by atoms with Crippen molar-refractivity contribution >= 4 is 33.2 Å². The summed E-state index contributed by atoms with van der Waals surface area (Å²) in [5.74, 6) is -0.0697. The molecular weight excluding hydrogens is 430 g/mol. The molecule has 2 aromatic carbocycles. The number of carbonyl (C=O) groups is 2. The van der Waals surface area contributed by atoms with Crippen molar-refractivity contribution in [3.63, 3.8) is 0 Å². The SMILES string of the molecule is CCOc1ccc(N([C@@H](C)C(=O)Nc2ccccc2C(=O)N2CCCC2)S(C)(=O)=O)cc1. The number of nitrogens with one attached hydrogen (secondary N) is 1. The Labute approximate surface area is 189 Å². The summed E-state index contributed by atoms with van der Waals surface area (Å²) in [7, 11) is -3.76. The first-order chi connectivity index (χ1) is 15.2. The van der Waals surface area contributed by atoms with Gasteiger partial charge in [0.15, 0.2) is 0 Å². The molecule has 0 aliphatic carbocycles. The lowest BCUT2D eigenvalue weighted by Gasteiger charge is -2.28. The Morgan fingerprint density at radius 3 is 2.31 bits per heavy atom. The second-order valence-electron chi connectivity index (χ2n) is 7.70. The number of carbonyl (C=O) groups excluding carboxylic acids is 2. The summed E-state index contributed by atoms with van der Waals surface area (Å²) < 4.78 is 31.6. The summed E-state index contributed by atoms with van der Waals surface area (Å²) in [6.07, 6.45) is 2.98. The van der Waals surface area contributed by atoms with E-state index in [0.717, 1.165) is 23.4 Å². The number of para-hydroxylation sites is 1. The van der Waals surface area contributed by atoms with Crippen molar-refractivity contribution in [3.8, 4) is 5.75 Å². The van der Waals surface area contributed by atoms with Crippen LogP contribution in [0.2, 0.25) is 0 Å². The fourth-order valence-electron chi connectivity index (χ4n) is 3.77. The lowest BCUT2D eigenvalue weighted by atomic mass is 10.1. The maximum atomic E-state index is 13.1. The van der Waals surface area contributed by atoms with Gasteiger partial charge in [-0.15, -0.1) is 0 Å². The van der Waals surface area contributed by atoms with E-state index in [1.165, 1.54) is 6.92 Å². The largest absolute Gasteiger partial charge is 0.494 e. The van der Waals surface area contributed by atoms with Gasteiger partial charge in [-0.1, -0.05) is 12.1 Å². The standard InChI is InChI=1S/C23H29N3O5S/c1-4-31-19-13-11-18(12-14-19)26(32(3,29)30)17(2)22(27)24-21-10-6-5-9-20(21)23(28)25-15-7-8-16-25/h5-6,9-14,17H,4,7-8,15-16H2,1-3H3,(H,24,27)/t17-/m0/s1. The van der Waals surface area contributed by atoms with Crippen molar-refractivity contribution < 1.29 is 22.7 Å². The highest BCUT2D eigenvalue weighted by Crippen LogP contribution is 2.25. The Morgan fingerprint density at radius 2 is 1.72 bits per heavy atom. The number of hydrogen-bond acceptors (Lipinski definition) is 5. The van der Waals surface area contributed by atoms with Gasteiger partial charge in [0.2, 0.25) is 15.9 Å². The van der Waals surface area contributed by atoms with E-state index in [0.29, 0.717) is 42.4 Å². The number of nitrogens with zero attached hydrogens (tertiary/aromatic N) is 2. The van der Waals surface area contributed by atoms with Crippen LogP contribution >= 0.6 is 0 Å². The quantitative estimate of drug-likeness (QED) is 0.654. The van der Waals surface area contributed by atoms with E-state index < -0.39 is 22.0 Å². The van der Waals surface area contributed by atoms with Crippen LogP contribution in [-0.4, -0.2) is 57.1 Å². The van der Waals surface area contributed by atoms with Gasteiger partial charge < -0.3 is 15.0 Å². The highest BCUT2D eigenvalue weighted by molar-refractivity contribution is 7.92. The predicted molar refractivity (Wildman–Crippen MR) is 125 cm³/mol. The molecule has 1 saturated heterocycles. The number of rotatable bonds is 8. The summed E-state index contributed by atoms with van der Waals surface area (Å²) in [6, 6.07) is 12.3. The van der Waals surface area contributed by atoms with E-state index >= 15 is 0 Å². The van der Waals surface area contributed by atoms with Crippen molar-refractivity contribution in [2.75, 3.05) is 35.6 Å². The summed E-state index contributed by atoms with van der Waals surface area (Å²) >= 11 is 0. The van der Waals surface area contributed by atoms with Gasteiger partial charge in [-0.3, -0.25) is 13.9 Å². The third-order valence-corrected chi connectivity index (χ3v) is 6.54. The highest BCUT2D eigenvalue weighted by Gasteiger charge is 2.30. The molecule has 3 rings (SSSR count). The maximum absolute atomic E-state index is 13.1. The van der Waals surface area contributed by atoms with E-state index in [1.54, 1.807) is 53.4 Å². The van der Waals surface area contributed by atoms with Crippen LogP contribution in [0.5, 0.6) is 5.75 Å². The lowest BCUT2D eigenvalue weighted by Crippen LogP contribution is -2.45. The van der Waals surface area contributed by atoms with E-state index in [1.807, 2.05) is 6.92 Å². The maximum Gasteiger partial charge on any atom is 0.255 e. The second-order valence-corrected chi connectivity index (χ2v) is 9.56. The molecule has 9 heteroatoms. The fraction of sp³-hybridized carbons (Fsp3) is 0.391. The van der Waals surface area contributed by atoms with E-state index in [9.17, 15) is 18.0 Å². The van der Waals surface area contributed by atoms with Gasteiger partial charge in [0.25, 0.3) is 5.91 Å². The van der Waals surface area contributed by atoms with Crippen molar-refractivity contribution in [2.24, 2.45) is 0 Å². The van der Waals surface area contributed by atoms with Crippen LogP contribution in [0.15, 0.2) is 48.5 Å². The minimum absolute atomic E-state index is 0.141. The molecule has 1 N–H and O–H groups in total. The smallest absolute Gasteiger partial charge is 0.255 e. The minimum atomic E-state index is -3.76. The van der Waals surface area contributed by atoms with Gasteiger partial charge in [-0.2, -0.15) is 0 Å². The van der Waals surface area contributed by atoms with E-state index in [2.05, 4.69) is 5.32 Å². The Kier molecular flexibility index (Phi) is 7.40. The number of ether oxygens (including phenoxy) is 1. The second kappa shape index (κ2) is 10.0. The molecule has 2 amide bonds. The minimum Gasteiger partial charge on any atom is -0.494 e. The zero-order valence-electron chi connectivity index (χ0n) is 18.6. The predicted octanol–water partition coefficient (Wildman–Crippen LogP) is 3.11.